The Balaban J connectivity index is 1.11. The fourth-order valence-electron chi connectivity index (χ4n) is 5.41. The molecule has 7 rings (SSSR count). The molecule has 3 aromatic heterocycles. The quantitative estimate of drug-likeness (QED) is 0.199. The van der Waals surface area contributed by atoms with E-state index in [0.717, 1.165) is 55.1 Å². The molecule has 2 fully saturated rings. The zero-order chi connectivity index (χ0) is 31.5. The number of nitrogens with one attached hydrogen (secondary N) is 2. The zero-order valence-electron chi connectivity index (χ0n) is 24.9. The molecule has 0 aliphatic carbocycles. The number of anilines is 3. The van der Waals surface area contributed by atoms with Crippen LogP contribution >= 0.6 is 11.6 Å². The summed E-state index contributed by atoms with van der Waals surface area (Å²) in [6, 6.07) is 13.0. The molecule has 5 heterocycles. The number of pyridine rings is 1. The van der Waals surface area contributed by atoms with E-state index in [9.17, 15) is 4.79 Å². The van der Waals surface area contributed by atoms with Crippen molar-refractivity contribution >= 4 is 51.3 Å². The van der Waals surface area contributed by atoms with E-state index < -0.39 is 0 Å². The molecule has 0 saturated carbocycles. The number of carbonyl (C=O) groups is 1. The van der Waals surface area contributed by atoms with Crippen LogP contribution in [0.1, 0.15) is 0 Å². The molecule has 2 saturated heterocycles. The first kappa shape index (κ1) is 29.7. The van der Waals surface area contributed by atoms with Crippen molar-refractivity contribution in [2.45, 2.75) is 6.04 Å². The molecule has 0 spiro atoms. The number of hydrogen-bond donors (Lipinski definition) is 2. The molecule has 14 heteroatoms. The van der Waals surface area contributed by atoms with E-state index in [0.29, 0.717) is 53.4 Å². The van der Waals surface area contributed by atoms with Crippen molar-refractivity contribution in [3.05, 3.63) is 79.0 Å². The maximum absolute atomic E-state index is 12.0. The SMILES string of the molecule is C=CC(=O)N1CC(Nc2cc3c(Nc4ccc(Oc5ccn6ncnc6c5)c(Cl)c4)ncnc3cc2OCCN2CCOCC2)C1. The van der Waals surface area contributed by atoms with E-state index in [1.807, 2.05) is 18.2 Å². The first-order valence-electron chi connectivity index (χ1n) is 15.0. The van der Waals surface area contributed by atoms with Gasteiger partial charge in [-0.1, -0.05) is 18.2 Å². The largest absolute Gasteiger partial charge is 0.490 e. The van der Waals surface area contributed by atoms with Gasteiger partial charge in [-0.2, -0.15) is 5.10 Å². The lowest BCUT2D eigenvalue weighted by Crippen LogP contribution is -2.56. The number of halogens is 1. The summed E-state index contributed by atoms with van der Waals surface area (Å²) in [5.41, 5.74) is 2.91. The number of fused-ring (bicyclic) bond motifs is 2. The first-order chi connectivity index (χ1) is 22.5. The highest BCUT2D eigenvalue weighted by Gasteiger charge is 2.30. The van der Waals surface area contributed by atoms with E-state index in [2.05, 4.69) is 42.2 Å². The number of amides is 1. The third kappa shape index (κ3) is 6.52. The molecule has 2 aliphatic heterocycles. The summed E-state index contributed by atoms with van der Waals surface area (Å²) >= 11 is 6.63. The van der Waals surface area contributed by atoms with Crippen LogP contribution in [0.4, 0.5) is 17.2 Å². The Kier molecular flexibility index (Phi) is 8.51. The van der Waals surface area contributed by atoms with Crippen LogP contribution in [0, 0.1) is 0 Å². The van der Waals surface area contributed by atoms with Gasteiger partial charge in [0.25, 0.3) is 0 Å². The van der Waals surface area contributed by atoms with Gasteiger partial charge in [0.1, 0.15) is 42.3 Å². The lowest BCUT2D eigenvalue weighted by atomic mass is 10.1. The number of carbonyl (C=O) groups excluding carboxylic acids is 1. The van der Waals surface area contributed by atoms with Crippen molar-refractivity contribution in [2.75, 3.05) is 63.2 Å². The number of likely N-dealkylation sites (tertiary alicyclic amines) is 1. The molecule has 13 nitrogen and oxygen atoms in total. The summed E-state index contributed by atoms with van der Waals surface area (Å²) in [5, 5.41) is 12.3. The highest BCUT2D eigenvalue weighted by Crippen LogP contribution is 2.36. The maximum atomic E-state index is 12.0. The second-order valence-electron chi connectivity index (χ2n) is 11.0. The van der Waals surface area contributed by atoms with Gasteiger partial charge in [-0.25, -0.2) is 19.5 Å². The summed E-state index contributed by atoms with van der Waals surface area (Å²) in [6.45, 7) is 9.29. The van der Waals surface area contributed by atoms with Crippen LogP contribution in [0.25, 0.3) is 16.6 Å². The third-order valence-corrected chi connectivity index (χ3v) is 8.20. The summed E-state index contributed by atoms with van der Waals surface area (Å²) in [4.78, 5) is 29.3. The average molecular weight is 642 g/mol. The van der Waals surface area contributed by atoms with Crippen LogP contribution in [0.2, 0.25) is 5.02 Å². The Hall–Kier alpha value is -4.98. The number of nitrogens with zero attached hydrogens (tertiary/aromatic N) is 7. The Morgan fingerprint density at radius 1 is 1.07 bits per heavy atom. The van der Waals surface area contributed by atoms with E-state index >= 15 is 0 Å². The van der Waals surface area contributed by atoms with Gasteiger partial charge in [-0.05, 0) is 36.4 Å². The van der Waals surface area contributed by atoms with Crippen LogP contribution in [0.5, 0.6) is 17.2 Å². The van der Waals surface area contributed by atoms with Gasteiger partial charge in [0.15, 0.2) is 5.65 Å². The maximum Gasteiger partial charge on any atom is 0.246 e. The van der Waals surface area contributed by atoms with Crippen LogP contribution in [0.3, 0.4) is 0 Å². The zero-order valence-corrected chi connectivity index (χ0v) is 25.7. The second kappa shape index (κ2) is 13.2. The predicted molar refractivity (Wildman–Crippen MR) is 174 cm³/mol. The molecule has 5 aromatic rings. The van der Waals surface area contributed by atoms with E-state index in [4.69, 9.17) is 25.8 Å². The molecule has 46 heavy (non-hydrogen) atoms. The molecule has 0 radical (unpaired) electrons. The molecule has 2 aromatic carbocycles. The number of benzene rings is 2. The molecular weight excluding hydrogens is 610 g/mol. The topological polar surface area (TPSA) is 131 Å². The van der Waals surface area contributed by atoms with Crippen molar-refractivity contribution in [3.8, 4) is 17.2 Å². The van der Waals surface area contributed by atoms with Gasteiger partial charge in [0.05, 0.1) is 35.5 Å². The van der Waals surface area contributed by atoms with Gasteiger partial charge in [-0.3, -0.25) is 9.69 Å². The summed E-state index contributed by atoms with van der Waals surface area (Å²) < 4.78 is 19.4. The van der Waals surface area contributed by atoms with Crippen molar-refractivity contribution in [1.29, 1.82) is 0 Å². The highest BCUT2D eigenvalue weighted by atomic mass is 35.5. The van der Waals surface area contributed by atoms with Gasteiger partial charge in [0.2, 0.25) is 5.91 Å². The standard InChI is InChI=1S/C32H32ClN9O4/c1-2-31(43)41-17-22(18-41)38-27-15-24-26(16-29(27)45-12-9-40-7-10-44-11-8-40)34-19-36-32(24)39-21-3-4-28(25(33)13-21)46-23-5-6-42-30(14-23)35-20-37-42/h2-6,13-16,19-20,22,38H,1,7-12,17-18H2,(H,34,36,39). The molecular formula is C32H32ClN9O4. The smallest absolute Gasteiger partial charge is 0.246 e. The van der Waals surface area contributed by atoms with Gasteiger partial charge < -0.3 is 29.7 Å². The number of morpholine rings is 1. The monoisotopic (exact) mass is 641 g/mol. The summed E-state index contributed by atoms with van der Waals surface area (Å²) in [6.07, 6.45) is 6.10. The third-order valence-electron chi connectivity index (χ3n) is 7.91. The predicted octanol–water partition coefficient (Wildman–Crippen LogP) is 4.38. The Morgan fingerprint density at radius 3 is 2.76 bits per heavy atom. The summed E-state index contributed by atoms with van der Waals surface area (Å²) in [7, 11) is 0. The highest BCUT2D eigenvalue weighted by molar-refractivity contribution is 6.32. The second-order valence-corrected chi connectivity index (χ2v) is 11.4. The van der Waals surface area contributed by atoms with Crippen molar-refractivity contribution < 1.29 is 19.0 Å². The van der Waals surface area contributed by atoms with Crippen molar-refractivity contribution in [2.24, 2.45) is 0 Å². The Morgan fingerprint density at radius 2 is 1.93 bits per heavy atom. The van der Waals surface area contributed by atoms with E-state index in [1.165, 1.54) is 18.7 Å². The minimum Gasteiger partial charge on any atom is -0.490 e. The molecule has 0 atom stereocenters. The number of rotatable bonds is 11. The molecule has 236 valence electrons. The molecule has 1 amide bonds. The lowest BCUT2D eigenvalue weighted by molar-refractivity contribution is -0.129. The van der Waals surface area contributed by atoms with Crippen molar-refractivity contribution in [3.63, 3.8) is 0 Å². The van der Waals surface area contributed by atoms with E-state index in [-0.39, 0.29) is 11.9 Å². The Labute approximate surface area is 269 Å². The normalized spacial score (nSPS) is 15.5. The fourth-order valence-corrected chi connectivity index (χ4v) is 5.63. The molecule has 0 unspecified atom stereocenters. The minimum atomic E-state index is -0.0788. The molecule has 0 bridgehead atoms. The van der Waals surface area contributed by atoms with Crippen LogP contribution in [-0.4, -0.2) is 98.9 Å². The van der Waals surface area contributed by atoms with Crippen LogP contribution in [0.15, 0.2) is 74.0 Å². The van der Waals surface area contributed by atoms with Crippen LogP contribution < -0.4 is 20.1 Å². The molecule has 2 aliphatic rings. The lowest BCUT2D eigenvalue weighted by Gasteiger charge is -2.39. The minimum absolute atomic E-state index is 0.0702. The van der Waals surface area contributed by atoms with E-state index in [1.54, 1.807) is 39.9 Å². The van der Waals surface area contributed by atoms with Gasteiger partial charge in [0, 0.05) is 62.1 Å². The van der Waals surface area contributed by atoms with Gasteiger partial charge in [-0.15, -0.1) is 0 Å². The van der Waals surface area contributed by atoms with Crippen LogP contribution in [-0.2, 0) is 9.53 Å². The molecule has 2 N–H and O–H groups in total. The number of aromatic nitrogens is 5. The summed E-state index contributed by atoms with van der Waals surface area (Å²) in [5.74, 6) is 2.31. The fraction of sp³-hybridized carbons (Fsp3) is 0.281. The first-order valence-corrected chi connectivity index (χ1v) is 15.3. The number of ether oxygens (including phenoxy) is 3. The van der Waals surface area contributed by atoms with Gasteiger partial charge >= 0.3 is 0 Å². The Bertz CT molecular complexity index is 1890. The average Bonchev–Trinajstić information content (AvgIpc) is 3.52. The van der Waals surface area contributed by atoms with Crippen molar-refractivity contribution in [1.82, 2.24) is 34.4 Å². The number of hydrogen-bond acceptors (Lipinski definition) is 11.